The Morgan fingerprint density at radius 3 is 2.87 bits per heavy atom. The van der Waals surface area contributed by atoms with Gasteiger partial charge in [0, 0.05) is 6.42 Å². The third kappa shape index (κ3) is 1.75. The maximum atomic E-state index is 5.48. The smallest absolute Gasteiger partial charge is 0.308 e. The van der Waals surface area contributed by atoms with Gasteiger partial charge in [0.1, 0.15) is 17.9 Å². The van der Waals surface area contributed by atoms with Gasteiger partial charge in [-0.05, 0) is 20.4 Å². The Morgan fingerprint density at radius 1 is 1.47 bits per heavy atom. The Kier molecular flexibility index (Phi) is 2.51. The molecule has 0 aliphatic heterocycles. The predicted octanol–water partition coefficient (Wildman–Crippen LogP) is 0.373. The molecule has 2 rings (SSSR count). The number of nitrogens with two attached hydrogens (primary N) is 1. The lowest BCUT2D eigenvalue weighted by molar-refractivity contribution is 0.494. The van der Waals surface area contributed by atoms with Gasteiger partial charge in [-0.15, -0.1) is 10.2 Å². The second-order valence-electron chi connectivity index (χ2n) is 3.29. The van der Waals surface area contributed by atoms with E-state index in [1.54, 1.807) is 10.9 Å². The number of aryl methyl sites for hydroxylation is 2. The Hall–Kier alpha value is -1.69. The van der Waals surface area contributed by atoms with Crippen molar-refractivity contribution in [2.45, 2.75) is 20.3 Å². The van der Waals surface area contributed by atoms with E-state index in [1.165, 1.54) is 0 Å². The van der Waals surface area contributed by atoms with Crippen LogP contribution in [0.5, 0.6) is 0 Å². The quantitative estimate of drug-likeness (QED) is 0.786. The zero-order valence-corrected chi connectivity index (χ0v) is 8.77. The van der Waals surface area contributed by atoms with Crippen molar-refractivity contribution in [1.29, 1.82) is 0 Å². The van der Waals surface area contributed by atoms with Crippen LogP contribution in [-0.2, 0) is 6.42 Å². The molecule has 0 bridgehead atoms. The Balaban J connectivity index is 2.40. The van der Waals surface area contributed by atoms with Crippen molar-refractivity contribution in [1.82, 2.24) is 19.7 Å². The lowest BCUT2D eigenvalue weighted by Gasteiger charge is -1.98. The first-order chi connectivity index (χ1) is 7.22. The minimum absolute atomic E-state index is 0.499. The van der Waals surface area contributed by atoms with Crippen LogP contribution in [0.1, 0.15) is 17.3 Å². The van der Waals surface area contributed by atoms with Crippen molar-refractivity contribution in [3.8, 4) is 6.01 Å². The molecule has 0 radical (unpaired) electrons. The maximum Gasteiger partial charge on any atom is 0.308 e. The molecular formula is C9H13N5O. The summed E-state index contributed by atoms with van der Waals surface area (Å²) in [6.45, 7) is 4.30. The van der Waals surface area contributed by atoms with E-state index < -0.39 is 0 Å². The van der Waals surface area contributed by atoms with Crippen LogP contribution in [0, 0.1) is 13.8 Å². The van der Waals surface area contributed by atoms with Gasteiger partial charge in [-0.2, -0.15) is 4.98 Å². The average Bonchev–Trinajstić information content (AvgIpc) is 2.76. The summed E-state index contributed by atoms with van der Waals surface area (Å²) in [7, 11) is 0. The molecule has 0 aliphatic carbocycles. The number of oxazole rings is 1. The SMILES string of the molecule is Cc1nc(-n2cnnc2CCN)oc1C. The van der Waals surface area contributed by atoms with E-state index in [-0.39, 0.29) is 0 Å². The van der Waals surface area contributed by atoms with Gasteiger partial charge in [0.05, 0.1) is 5.69 Å². The summed E-state index contributed by atoms with van der Waals surface area (Å²) in [5, 5.41) is 7.77. The van der Waals surface area contributed by atoms with Gasteiger partial charge in [0.25, 0.3) is 0 Å². The first-order valence-electron chi connectivity index (χ1n) is 4.75. The van der Waals surface area contributed by atoms with Crippen molar-refractivity contribution in [2.75, 3.05) is 6.54 Å². The molecule has 80 valence electrons. The summed E-state index contributed by atoms with van der Waals surface area (Å²) >= 11 is 0. The third-order valence-electron chi connectivity index (χ3n) is 2.21. The molecule has 0 saturated heterocycles. The summed E-state index contributed by atoms with van der Waals surface area (Å²) in [6.07, 6.45) is 2.23. The highest BCUT2D eigenvalue weighted by Gasteiger charge is 2.11. The molecule has 0 saturated carbocycles. The highest BCUT2D eigenvalue weighted by atomic mass is 16.4. The molecule has 2 aromatic heterocycles. The number of nitrogens with zero attached hydrogens (tertiary/aromatic N) is 4. The fourth-order valence-corrected chi connectivity index (χ4v) is 1.28. The van der Waals surface area contributed by atoms with Crippen molar-refractivity contribution in [3.05, 3.63) is 23.6 Å². The molecule has 0 spiro atoms. The summed E-state index contributed by atoms with van der Waals surface area (Å²) in [4.78, 5) is 4.27. The van der Waals surface area contributed by atoms with Crippen LogP contribution < -0.4 is 5.73 Å². The number of aromatic nitrogens is 4. The highest BCUT2D eigenvalue weighted by molar-refractivity contribution is 5.16. The second-order valence-corrected chi connectivity index (χ2v) is 3.29. The third-order valence-corrected chi connectivity index (χ3v) is 2.21. The van der Waals surface area contributed by atoms with Crippen LogP contribution in [0.4, 0.5) is 0 Å². The lowest BCUT2D eigenvalue weighted by Crippen LogP contribution is -2.08. The predicted molar refractivity (Wildman–Crippen MR) is 53.7 cm³/mol. The normalized spacial score (nSPS) is 10.9. The largest absolute Gasteiger partial charge is 0.428 e. The summed E-state index contributed by atoms with van der Waals surface area (Å²) in [5.41, 5.74) is 6.34. The van der Waals surface area contributed by atoms with Gasteiger partial charge in [-0.1, -0.05) is 0 Å². The molecule has 2 heterocycles. The summed E-state index contributed by atoms with van der Waals surface area (Å²) in [5.74, 6) is 1.57. The Morgan fingerprint density at radius 2 is 2.27 bits per heavy atom. The van der Waals surface area contributed by atoms with E-state index >= 15 is 0 Å². The topological polar surface area (TPSA) is 82.8 Å². The van der Waals surface area contributed by atoms with Crippen LogP contribution in [0.2, 0.25) is 0 Å². The first kappa shape index (κ1) is 9.85. The molecule has 0 aromatic carbocycles. The molecule has 0 fully saturated rings. The average molecular weight is 207 g/mol. The van der Waals surface area contributed by atoms with Gasteiger partial charge < -0.3 is 10.2 Å². The molecule has 2 aromatic rings. The fourth-order valence-electron chi connectivity index (χ4n) is 1.28. The minimum Gasteiger partial charge on any atom is -0.428 e. The first-order valence-corrected chi connectivity index (χ1v) is 4.75. The standard InChI is InChI=1S/C9H13N5O/c1-6-7(2)15-9(12-6)14-5-11-13-8(14)3-4-10/h5H,3-4,10H2,1-2H3. The molecule has 0 atom stereocenters. The zero-order chi connectivity index (χ0) is 10.8. The number of rotatable bonds is 3. The van der Waals surface area contributed by atoms with Crippen LogP contribution in [0.3, 0.4) is 0 Å². The molecule has 6 heteroatoms. The molecule has 0 unspecified atom stereocenters. The second kappa shape index (κ2) is 3.82. The van der Waals surface area contributed by atoms with Crippen molar-refractivity contribution >= 4 is 0 Å². The fraction of sp³-hybridized carbons (Fsp3) is 0.444. The van der Waals surface area contributed by atoms with Gasteiger partial charge in [0.15, 0.2) is 0 Å². The van der Waals surface area contributed by atoms with Crippen molar-refractivity contribution in [3.63, 3.8) is 0 Å². The van der Waals surface area contributed by atoms with E-state index in [2.05, 4.69) is 15.2 Å². The van der Waals surface area contributed by atoms with Gasteiger partial charge in [0.2, 0.25) is 0 Å². The number of hydrogen-bond acceptors (Lipinski definition) is 5. The van der Waals surface area contributed by atoms with Crippen molar-refractivity contribution in [2.24, 2.45) is 5.73 Å². The minimum atomic E-state index is 0.499. The molecule has 6 nitrogen and oxygen atoms in total. The van der Waals surface area contributed by atoms with Gasteiger partial charge in [-0.3, -0.25) is 0 Å². The van der Waals surface area contributed by atoms with E-state index in [4.69, 9.17) is 10.2 Å². The lowest BCUT2D eigenvalue weighted by atomic mass is 10.4. The van der Waals surface area contributed by atoms with Crippen LogP contribution >= 0.6 is 0 Å². The Bertz CT molecular complexity index is 439. The van der Waals surface area contributed by atoms with Crippen molar-refractivity contribution < 1.29 is 4.42 Å². The Labute approximate surface area is 87.1 Å². The maximum absolute atomic E-state index is 5.48. The molecular weight excluding hydrogens is 194 g/mol. The van der Waals surface area contributed by atoms with Crippen LogP contribution in [0.25, 0.3) is 6.01 Å². The van der Waals surface area contributed by atoms with Crippen LogP contribution in [-0.4, -0.2) is 26.3 Å². The van der Waals surface area contributed by atoms with Gasteiger partial charge in [-0.25, -0.2) is 4.57 Å². The summed E-state index contributed by atoms with van der Waals surface area (Å²) < 4.78 is 7.19. The summed E-state index contributed by atoms with van der Waals surface area (Å²) in [6, 6.07) is 0.499. The van der Waals surface area contributed by atoms with E-state index in [9.17, 15) is 0 Å². The molecule has 0 aliphatic rings. The van der Waals surface area contributed by atoms with E-state index in [0.717, 1.165) is 17.3 Å². The number of hydrogen-bond donors (Lipinski definition) is 1. The molecule has 0 amide bonds. The monoisotopic (exact) mass is 207 g/mol. The molecule has 15 heavy (non-hydrogen) atoms. The highest BCUT2D eigenvalue weighted by Crippen LogP contribution is 2.13. The zero-order valence-electron chi connectivity index (χ0n) is 8.77. The van der Waals surface area contributed by atoms with Crippen LogP contribution in [0.15, 0.2) is 10.7 Å². The van der Waals surface area contributed by atoms with E-state index in [0.29, 0.717) is 19.0 Å². The van der Waals surface area contributed by atoms with E-state index in [1.807, 2.05) is 13.8 Å². The van der Waals surface area contributed by atoms with Gasteiger partial charge >= 0.3 is 6.01 Å². The molecule has 2 N–H and O–H groups in total.